The molecule has 0 saturated carbocycles. The Hall–Kier alpha value is -2.37. The van der Waals surface area contributed by atoms with E-state index in [2.05, 4.69) is 17.0 Å². The predicted molar refractivity (Wildman–Crippen MR) is 106 cm³/mol. The van der Waals surface area contributed by atoms with Crippen LogP contribution in [0.4, 0.5) is 0 Å². The molecule has 1 amide bonds. The Morgan fingerprint density at radius 2 is 1.93 bits per heavy atom. The number of carbonyl (C=O) groups excluding carboxylic acids is 1. The molecule has 0 aromatic heterocycles. The van der Waals surface area contributed by atoms with Gasteiger partial charge in [-0.2, -0.15) is 0 Å². The standard InChI is InChI=1S/C22H28N2O3/c1-17-7-8-21(26)20(15-17)22(27)24-13-12-23(19(16-24)10-14-25)11-9-18-5-3-2-4-6-18/h2-8,15,19,25-26H,9-14,16H2,1H3/t19-/m0/s1. The molecule has 1 aliphatic heterocycles. The van der Waals surface area contributed by atoms with Crippen molar-refractivity contribution in [3.05, 3.63) is 65.2 Å². The van der Waals surface area contributed by atoms with Crippen LogP contribution in [0.1, 0.15) is 27.9 Å². The van der Waals surface area contributed by atoms with Gasteiger partial charge in [-0.25, -0.2) is 0 Å². The highest BCUT2D eigenvalue weighted by molar-refractivity contribution is 5.97. The molecule has 2 N–H and O–H groups in total. The number of carbonyl (C=O) groups is 1. The molecule has 0 bridgehead atoms. The Labute approximate surface area is 160 Å². The van der Waals surface area contributed by atoms with Crippen LogP contribution in [0.3, 0.4) is 0 Å². The lowest BCUT2D eigenvalue weighted by molar-refractivity contribution is 0.0423. The minimum absolute atomic E-state index is 0.0239. The molecule has 0 radical (unpaired) electrons. The maximum atomic E-state index is 12.9. The minimum Gasteiger partial charge on any atom is -0.507 e. The summed E-state index contributed by atoms with van der Waals surface area (Å²) >= 11 is 0. The highest BCUT2D eigenvalue weighted by Crippen LogP contribution is 2.22. The van der Waals surface area contributed by atoms with Gasteiger partial charge in [0.25, 0.3) is 5.91 Å². The van der Waals surface area contributed by atoms with E-state index in [0.717, 1.165) is 25.1 Å². The van der Waals surface area contributed by atoms with Gasteiger partial charge in [0.15, 0.2) is 0 Å². The number of phenols is 1. The molecule has 27 heavy (non-hydrogen) atoms. The first kappa shape index (κ1) is 19.4. The van der Waals surface area contributed by atoms with E-state index in [4.69, 9.17) is 0 Å². The van der Waals surface area contributed by atoms with Crippen molar-refractivity contribution >= 4 is 5.91 Å². The molecule has 0 aliphatic carbocycles. The maximum Gasteiger partial charge on any atom is 0.257 e. The fourth-order valence-corrected chi connectivity index (χ4v) is 3.70. The summed E-state index contributed by atoms with van der Waals surface area (Å²) in [6.45, 7) is 4.89. The van der Waals surface area contributed by atoms with Gasteiger partial charge < -0.3 is 15.1 Å². The summed E-state index contributed by atoms with van der Waals surface area (Å²) in [6, 6.07) is 15.6. The predicted octanol–water partition coefficient (Wildman–Crippen LogP) is 2.45. The van der Waals surface area contributed by atoms with E-state index in [1.54, 1.807) is 23.1 Å². The number of aliphatic hydroxyl groups is 1. The zero-order valence-electron chi connectivity index (χ0n) is 15.8. The van der Waals surface area contributed by atoms with Gasteiger partial charge >= 0.3 is 0 Å². The number of piperazine rings is 1. The zero-order chi connectivity index (χ0) is 19.2. The van der Waals surface area contributed by atoms with Crippen molar-refractivity contribution in [3.8, 4) is 5.75 Å². The summed E-state index contributed by atoms with van der Waals surface area (Å²) in [4.78, 5) is 17.1. The second-order valence-corrected chi connectivity index (χ2v) is 7.21. The van der Waals surface area contributed by atoms with Crippen LogP contribution in [-0.2, 0) is 6.42 Å². The first-order valence-corrected chi connectivity index (χ1v) is 9.56. The van der Waals surface area contributed by atoms with Gasteiger partial charge in [-0.3, -0.25) is 9.69 Å². The summed E-state index contributed by atoms with van der Waals surface area (Å²) in [5, 5.41) is 19.5. The van der Waals surface area contributed by atoms with E-state index in [1.807, 2.05) is 25.1 Å². The second kappa shape index (κ2) is 9.02. The molecule has 0 unspecified atom stereocenters. The number of amides is 1. The summed E-state index contributed by atoms with van der Waals surface area (Å²) in [7, 11) is 0. The molecule has 3 rings (SSSR count). The highest BCUT2D eigenvalue weighted by atomic mass is 16.3. The van der Waals surface area contributed by atoms with Crippen LogP contribution in [0.5, 0.6) is 5.75 Å². The van der Waals surface area contributed by atoms with Crippen molar-refractivity contribution in [2.24, 2.45) is 0 Å². The van der Waals surface area contributed by atoms with Gasteiger partial charge in [0.05, 0.1) is 5.56 Å². The average molecular weight is 368 g/mol. The van der Waals surface area contributed by atoms with Crippen molar-refractivity contribution in [2.45, 2.75) is 25.8 Å². The molecule has 1 aliphatic rings. The lowest BCUT2D eigenvalue weighted by Gasteiger charge is -2.41. The molecule has 1 heterocycles. The number of hydrogen-bond donors (Lipinski definition) is 2. The summed E-state index contributed by atoms with van der Waals surface area (Å²) in [6.07, 6.45) is 1.59. The van der Waals surface area contributed by atoms with Crippen molar-refractivity contribution in [2.75, 3.05) is 32.8 Å². The van der Waals surface area contributed by atoms with Crippen molar-refractivity contribution < 1.29 is 15.0 Å². The third-order valence-corrected chi connectivity index (χ3v) is 5.27. The van der Waals surface area contributed by atoms with Crippen LogP contribution in [0.25, 0.3) is 0 Å². The van der Waals surface area contributed by atoms with Gasteiger partial charge in [0.2, 0.25) is 0 Å². The van der Waals surface area contributed by atoms with Crippen LogP contribution < -0.4 is 0 Å². The summed E-state index contributed by atoms with van der Waals surface area (Å²) in [5.41, 5.74) is 2.60. The zero-order valence-corrected chi connectivity index (χ0v) is 15.8. The van der Waals surface area contributed by atoms with E-state index >= 15 is 0 Å². The van der Waals surface area contributed by atoms with Gasteiger partial charge in [-0.15, -0.1) is 0 Å². The van der Waals surface area contributed by atoms with Crippen molar-refractivity contribution in [1.82, 2.24) is 9.80 Å². The average Bonchev–Trinajstić information content (AvgIpc) is 2.69. The van der Waals surface area contributed by atoms with Gasteiger partial charge in [-0.1, -0.05) is 42.0 Å². The van der Waals surface area contributed by atoms with Crippen LogP contribution in [0, 0.1) is 6.92 Å². The molecule has 0 spiro atoms. The van der Waals surface area contributed by atoms with Crippen LogP contribution in [-0.4, -0.2) is 64.7 Å². The molecular formula is C22H28N2O3. The molecule has 2 aromatic rings. The number of phenolic OH excluding ortho intramolecular Hbond substituents is 1. The SMILES string of the molecule is Cc1ccc(O)c(C(=O)N2CCN(CCc3ccccc3)[C@@H](CCO)C2)c1. The molecular weight excluding hydrogens is 340 g/mol. The summed E-state index contributed by atoms with van der Waals surface area (Å²) in [5.74, 6) is -0.113. The monoisotopic (exact) mass is 368 g/mol. The fraction of sp³-hybridized carbons (Fsp3) is 0.409. The van der Waals surface area contributed by atoms with E-state index in [0.29, 0.717) is 25.1 Å². The van der Waals surface area contributed by atoms with E-state index in [9.17, 15) is 15.0 Å². The molecule has 5 heteroatoms. The smallest absolute Gasteiger partial charge is 0.257 e. The Kier molecular flexibility index (Phi) is 6.48. The Bertz CT molecular complexity index is 763. The minimum atomic E-state index is -0.137. The summed E-state index contributed by atoms with van der Waals surface area (Å²) < 4.78 is 0. The Morgan fingerprint density at radius 3 is 2.67 bits per heavy atom. The number of hydrogen-bond acceptors (Lipinski definition) is 4. The highest BCUT2D eigenvalue weighted by Gasteiger charge is 2.30. The number of aromatic hydroxyl groups is 1. The number of aliphatic hydroxyl groups excluding tert-OH is 1. The van der Waals surface area contributed by atoms with Crippen molar-refractivity contribution in [3.63, 3.8) is 0 Å². The molecule has 1 fully saturated rings. The van der Waals surface area contributed by atoms with Gasteiger partial charge in [0.1, 0.15) is 5.75 Å². The van der Waals surface area contributed by atoms with Gasteiger partial charge in [-0.05, 0) is 37.5 Å². The molecule has 144 valence electrons. The molecule has 5 nitrogen and oxygen atoms in total. The normalized spacial score (nSPS) is 17.9. The topological polar surface area (TPSA) is 64.0 Å². The molecule has 1 saturated heterocycles. The number of rotatable bonds is 6. The maximum absolute atomic E-state index is 12.9. The van der Waals surface area contributed by atoms with Crippen LogP contribution >= 0.6 is 0 Å². The second-order valence-electron chi connectivity index (χ2n) is 7.21. The first-order chi connectivity index (χ1) is 13.1. The fourth-order valence-electron chi connectivity index (χ4n) is 3.70. The van der Waals surface area contributed by atoms with E-state index in [1.165, 1.54) is 5.56 Å². The third-order valence-electron chi connectivity index (χ3n) is 5.27. The molecule has 1 atom stereocenters. The third kappa shape index (κ3) is 4.87. The lowest BCUT2D eigenvalue weighted by Crippen LogP contribution is -2.55. The number of benzene rings is 2. The Balaban J connectivity index is 1.66. The van der Waals surface area contributed by atoms with E-state index < -0.39 is 0 Å². The van der Waals surface area contributed by atoms with Gasteiger partial charge in [0, 0.05) is 38.8 Å². The number of nitrogens with zero attached hydrogens (tertiary/aromatic N) is 2. The quantitative estimate of drug-likeness (QED) is 0.822. The van der Waals surface area contributed by atoms with E-state index in [-0.39, 0.29) is 24.3 Å². The van der Waals surface area contributed by atoms with Crippen LogP contribution in [0.15, 0.2) is 48.5 Å². The van der Waals surface area contributed by atoms with Crippen molar-refractivity contribution in [1.29, 1.82) is 0 Å². The Morgan fingerprint density at radius 1 is 1.15 bits per heavy atom. The van der Waals surface area contributed by atoms with Crippen LogP contribution in [0.2, 0.25) is 0 Å². The lowest BCUT2D eigenvalue weighted by atomic mass is 10.0. The first-order valence-electron chi connectivity index (χ1n) is 9.56. The molecule has 2 aromatic carbocycles. The number of aryl methyl sites for hydroxylation is 1. The largest absolute Gasteiger partial charge is 0.507 e.